The fourth-order valence-corrected chi connectivity index (χ4v) is 3.31. The molecule has 1 fully saturated rings. The Hall–Kier alpha value is -1.98. The number of thioether (sulfide) groups is 1. The minimum absolute atomic E-state index is 0.156. The molecule has 118 valence electrons. The fourth-order valence-electron chi connectivity index (χ4n) is 2.17. The fraction of sp³-hybridized carbons (Fsp3) is 0.118. The topological polar surface area (TPSA) is 41.1 Å². The predicted molar refractivity (Wildman–Crippen MR) is 93.7 cm³/mol. The number of aryl methyl sites for hydroxylation is 1. The third-order valence-corrected chi connectivity index (χ3v) is 4.65. The van der Waals surface area contributed by atoms with Crippen LogP contribution in [0.4, 0.5) is 10.1 Å². The van der Waals surface area contributed by atoms with Crippen molar-refractivity contribution >= 4 is 41.0 Å². The van der Waals surface area contributed by atoms with Gasteiger partial charge in [0.25, 0.3) is 5.91 Å². The summed E-state index contributed by atoms with van der Waals surface area (Å²) >= 11 is 7.38. The summed E-state index contributed by atoms with van der Waals surface area (Å²) in [5.74, 6) is -0.455. The van der Waals surface area contributed by atoms with Crippen LogP contribution in [0.3, 0.4) is 0 Å². The average Bonchev–Trinajstić information content (AvgIpc) is 2.85. The van der Waals surface area contributed by atoms with Crippen molar-refractivity contribution in [2.75, 3.05) is 5.32 Å². The van der Waals surface area contributed by atoms with Crippen LogP contribution < -0.4 is 10.6 Å². The van der Waals surface area contributed by atoms with Gasteiger partial charge in [0.15, 0.2) is 5.50 Å². The number of hydrogen-bond donors (Lipinski definition) is 2. The van der Waals surface area contributed by atoms with Gasteiger partial charge in [0, 0.05) is 10.7 Å². The van der Waals surface area contributed by atoms with Crippen LogP contribution in [-0.2, 0) is 4.79 Å². The van der Waals surface area contributed by atoms with Crippen LogP contribution >= 0.6 is 23.4 Å². The molecule has 6 heteroatoms. The largest absolute Gasteiger partial charge is 0.356 e. The van der Waals surface area contributed by atoms with E-state index >= 15 is 0 Å². The van der Waals surface area contributed by atoms with E-state index in [-0.39, 0.29) is 17.2 Å². The number of halogens is 2. The first kappa shape index (κ1) is 15.9. The van der Waals surface area contributed by atoms with E-state index in [1.807, 2.05) is 25.1 Å². The zero-order valence-electron chi connectivity index (χ0n) is 12.3. The van der Waals surface area contributed by atoms with Crippen molar-refractivity contribution in [1.29, 1.82) is 0 Å². The number of benzene rings is 2. The molecule has 2 aromatic rings. The summed E-state index contributed by atoms with van der Waals surface area (Å²) in [6.07, 6.45) is 1.74. The predicted octanol–water partition coefficient (Wildman–Crippen LogP) is 4.39. The van der Waals surface area contributed by atoms with Crippen molar-refractivity contribution < 1.29 is 9.18 Å². The molecule has 3 nitrogen and oxygen atoms in total. The van der Waals surface area contributed by atoms with Gasteiger partial charge in [-0.15, -0.1) is 0 Å². The second-order valence-corrected chi connectivity index (χ2v) is 6.72. The van der Waals surface area contributed by atoms with Gasteiger partial charge in [-0.25, -0.2) is 4.39 Å². The summed E-state index contributed by atoms with van der Waals surface area (Å²) < 4.78 is 12.9. The molecule has 0 aromatic heterocycles. The molecule has 1 atom stereocenters. The maximum absolute atomic E-state index is 12.9. The number of hydrogen-bond acceptors (Lipinski definition) is 3. The molecule has 2 N–H and O–H groups in total. The zero-order valence-corrected chi connectivity index (χ0v) is 13.8. The van der Waals surface area contributed by atoms with Crippen LogP contribution in [0.2, 0.25) is 5.02 Å². The van der Waals surface area contributed by atoms with Crippen molar-refractivity contribution in [3.8, 4) is 0 Å². The van der Waals surface area contributed by atoms with Crippen molar-refractivity contribution in [1.82, 2.24) is 5.32 Å². The van der Waals surface area contributed by atoms with E-state index in [4.69, 9.17) is 11.6 Å². The Morgan fingerprint density at radius 3 is 2.74 bits per heavy atom. The highest BCUT2D eigenvalue weighted by Gasteiger charge is 2.27. The van der Waals surface area contributed by atoms with Gasteiger partial charge in [0.05, 0.1) is 4.91 Å². The van der Waals surface area contributed by atoms with Crippen molar-refractivity contribution in [2.45, 2.75) is 12.4 Å². The van der Waals surface area contributed by atoms with Gasteiger partial charge < -0.3 is 10.6 Å². The Morgan fingerprint density at radius 2 is 2.00 bits per heavy atom. The van der Waals surface area contributed by atoms with E-state index in [9.17, 15) is 9.18 Å². The first-order chi connectivity index (χ1) is 11.0. The number of carbonyl (C=O) groups is 1. The third-order valence-electron chi connectivity index (χ3n) is 3.38. The minimum Gasteiger partial charge on any atom is -0.356 e. The number of carbonyl (C=O) groups excluding carboxylic acids is 1. The van der Waals surface area contributed by atoms with E-state index in [0.717, 1.165) is 16.8 Å². The smallest absolute Gasteiger partial charge is 0.260 e. The molecule has 0 radical (unpaired) electrons. The lowest BCUT2D eigenvalue weighted by atomic mass is 10.2. The van der Waals surface area contributed by atoms with Crippen LogP contribution in [0.15, 0.2) is 47.4 Å². The molecule has 0 bridgehead atoms. The van der Waals surface area contributed by atoms with Crippen molar-refractivity contribution in [3.63, 3.8) is 0 Å². The van der Waals surface area contributed by atoms with Gasteiger partial charge in [-0.3, -0.25) is 4.79 Å². The quantitative estimate of drug-likeness (QED) is 0.808. The summed E-state index contributed by atoms with van der Waals surface area (Å²) in [5, 5.41) is 6.74. The van der Waals surface area contributed by atoms with E-state index in [1.54, 1.807) is 18.2 Å². The summed E-state index contributed by atoms with van der Waals surface area (Å²) in [4.78, 5) is 12.6. The summed E-state index contributed by atoms with van der Waals surface area (Å²) in [6.45, 7) is 1.97. The zero-order chi connectivity index (χ0) is 16.4. The van der Waals surface area contributed by atoms with Crippen LogP contribution in [-0.4, -0.2) is 11.4 Å². The molecule has 0 saturated carbocycles. The van der Waals surface area contributed by atoms with Crippen molar-refractivity contribution in [2.24, 2.45) is 0 Å². The molecule has 1 unspecified atom stereocenters. The molecule has 1 amide bonds. The van der Waals surface area contributed by atoms with Crippen LogP contribution in [0.5, 0.6) is 0 Å². The molecule has 2 aromatic carbocycles. The van der Waals surface area contributed by atoms with Gasteiger partial charge in [-0.2, -0.15) is 0 Å². The Balaban J connectivity index is 1.74. The minimum atomic E-state index is -0.299. The monoisotopic (exact) mass is 348 g/mol. The normalized spacial score (nSPS) is 19.0. The Bertz CT molecular complexity index is 777. The SMILES string of the molecule is Cc1ccc(Cl)cc1NC1NC(=O)/C(=C/c2ccc(F)cc2)S1. The highest BCUT2D eigenvalue weighted by molar-refractivity contribution is 8.05. The van der Waals surface area contributed by atoms with E-state index < -0.39 is 0 Å². The summed E-state index contributed by atoms with van der Waals surface area (Å²) in [6, 6.07) is 11.6. The second kappa shape index (κ2) is 6.64. The molecule has 1 aliphatic rings. The van der Waals surface area contributed by atoms with E-state index in [2.05, 4.69) is 10.6 Å². The summed E-state index contributed by atoms with van der Waals surface area (Å²) in [5.41, 5.74) is 2.42. The molecule has 23 heavy (non-hydrogen) atoms. The molecule has 1 saturated heterocycles. The Labute approximate surface area is 142 Å². The molecular formula is C17H14ClFN2OS. The molecule has 1 heterocycles. The molecule has 0 aliphatic carbocycles. The van der Waals surface area contributed by atoms with Crippen LogP contribution in [0, 0.1) is 12.7 Å². The first-order valence-corrected chi connectivity index (χ1v) is 8.24. The van der Waals surface area contributed by atoms with E-state index in [0.29, 0.717) is 9.93 Å². The number of rotatable bonds is 3. The first-order valence-electron chi connectivity index (χ1n) is 6.99. The highest BCUT2D eigenvalue weighted by Crippen LogP contribution is 2.31. The van der Waals surface area contributed by atoms with Gasteiger partial charge in [0.1, 0.15) is 5.82 Å². The maximum atomic E-state index is 12.9. The highest BCUT2D eigenvalue weighted by atomic mass is 35.5. The Kier molecular flexibility index (Phi) is 4.59. The van der Waals surface area contributed by atoms with Crippen LogP contribution in [0.25, 0.3) is 6.08 Å². The number of nitrogens with one attached hydrogen (secondary N) is 2. The van der Waals surface area contributed by atoms with Gasteiger partial charge in [0.2, 0.25) is 0 Å². The van der Waals surface area contributed by atoms with Gasteiger partial charge in [-0.05, 0) is 48.4 Å². The summed E-state index contributed by atoms with van der Waals surface area (Å²) in [7, 11) is 0. The second-order valence-electron chi connectivity index (χ2n) is 5.14. The lowest BCUT2D eigenvalue weighted by Crippen LogP contribution is -2.31. The molecule has 1 aliphatic heterocycles. The average molecular weight is 349 g/mol. The lowest BCUT2D eigenvalue weighted by molar-refractivity contribution is -0.116. The Morgan fingerprint density at radius 1 is 1.26 bits per heavy atom. The standard InChI is InChI=1S/C17H14ClFN2OS/c1-10-2-5-12(18)9-14(10)20-17-21-16(22)15(23-17)8-11-3-6-13(19)7-4-11/h2-9,17,20H,1H3,(H,21,22)/b15-8-. The van der Waals surface area contributed by atoms with Gasteiger partial charge >= 0.3 is 0 Å². The lowest BCUT2D eigenvalue weighted by Gasteiger charge is -2.15. The van der Waals surface area contributed by atoms with Gasteiger partial charge in [-0.1, -0.05) is 41.6 Å². The number of anilines is 1. The maximum Gasteiger partial charge on any atom is 0.260 e. The molecular weight excluding hydrogens is 335 g/mol. The number of amides is 1. The molecule has 3 rings (SSSR count). The third kappa shape index (κ3) is 3.86. The molecule has 0 spiro atoms. The van der Waals surface area contributed by atoms with E-state index in [1.165, 1.54) is 23.9 Å². The van der Waals surface area contributed by atoms with Crippen LogP contribution in [0.1, 0.15) is 11.1 Å². The van der Waals surface area contributed by atoms with Crippen molar-refractivity contribution in [3.05, 3.63) is 69.3 Å².